The molecule has 0 aliphatic carbocycles. The Bertz CT molecular complexity index is 804. The molecule has 1 N–H and O–H groups in total. The van der Waals surface area contributed by atoms with E-state index in [2.05, 4.69) is 5.32 Å². The Morgan fingerprint density at radius 3 is 2.21 bits per heavy atom. The number of ether oxygens (including phenoxy) is 2. The van der Waals surface area contributed by atoms with Crippen LogP contribution in [0, 0.1) is 0 Å². The summed E-state index contributed by atoms with van der Waals surface area (Å²) in [6.45, 7) is 1.48. The predicted octanol–water partition coefficient (Wildman–Crippen LogP) is 1.56. The Kier molecular flexibility index (Phi) is 6.75. The highest BCUT2D eigenvalue weighted by molar-refractivity contribution is 5.96. The molecule has 2 aromatic carbocycles. The minimum absolute atomic E-state index is 0.294. The molecule has 2 aromatic rings. The molecule has 1 aliphatic rings. The van der Waals surface area contributed by atoms with Gasteiger partial charge >= 0.3 is 5.97 Å². The summed E-state index contributed by atoms with van der Waals surface area (Å²) in [5.74, 6) is -1.36. The topological polar surface area (TPSA) is 84.9 Å². The summed E-state index contributed by atoms with van der Waals surface area (Å²) >= 11 is 0. The highest BCUT2D eigenvalue weighted by Gasteiger charge is 2.30. The first-order valence-corrected chi connectivity index (χ1v) is 9.09. The lowest BCUT2D eigenvalue weighted by Gasteiger charge is -2.30. The molecule has 1 atom stereocenters. The number of esters is 1. The Balaban J connectivity index is 1.64. The highest BCUT2D eigenvalue weighted by atomic mass is 16.5. The van der Waals surface area contributed by atoms with Crippen molar-refractivity contribution in [2.45, 2.75) is 6.10 Å². The molecule has 1 aliphatic heterocycles. The van der Waals surface area contributed by atoms with Crippen molar-refractivity contribution in [1.29, 1.82) is 0 Å². The van der Waals surface area contributed by atoms with Crippen molar-refractivity contribution in [3.8, 4) is 0 Å². The van der Waals surface area contributed by atoms with E-state index in [-0.39, 0.29) is 18.4 Å². The van der Waals surface area contributed by atoms with Gasteiger partial charge in [0.1, 0.15) is 6.54 Å². The molecule has 0 radical (unpaired) electrons. The largest absolute Gasteiger partial charge is 0.446 e. The molecule has 146 valence electrons. The van der Waals surface area contributed by atoms with Gasteiger partial charge in [-0.1, -0.05) is 48.5 Å². The summed E-state index contributed by atoms with van der Waals surface area (Å²) in [5, 5.41) is 2.52. The molecule has 1 saturated heterocycles. The lowest BCUT2D eigenvalue weighted by atomic mass is 10.1. The number of carbonyl (C=O) groups excluding carboxylic acids is 3. The summed E-state index contributed by atoms with van der Waals surface area (Å²) in [4.78, 5) is 38.9. The van der Waals surface area contributed by atoms with Crippen molar-refractivity contribution in [2.75, 3.05) is 32.8 Å². The van der Waals surface area contributed by atoms with Gasteiger partial charge in [0.15, 0.2) is 0 Å². The molecule has 1 heterocycles. The number of hydrogen-bond acceptors (Lipinski definition) is 5. The van der Waals surface area contributed by atoms with E-state index >= 15 is 0 Å². The second kappa shape index (κ2) is 9.66. The molecule has 0 saturated carbocycles. The molecule has 0 bridgehead atoms. The third kappa shape index (κ3) is 5.17. The van der Waals surface area contributed by atoms with Crippen molar-refractivity contribution >= 4 is 17.8 Å². The van der Waals surface area contributed by atoms with Gasteiger partial charge in [-0.3, -0.25) is 14.4 Å². The smallest absolute Gasteiger partial charge is 0.326 e. The van der Waals surface area contributed by atoms with Gasteiger partial charge in [-0.05, 0) is 12.1 Å². The van der Waals surface area contributed by atoms with Gasteiger partial charge in [-0.25, -0.2) is 0 Å². The number of carbonyl (C=O) groups is 3. The molecule has 2 amide bonds. The molecular weight excluding hydrogens is 360 g/mol. The Morgan fingerprint density at radius 2 is 1.57 bits per heavy atom. The molecule has 3 rings (SSSR count). The number of hydrogen-bond donors (Lipinski definition) is 1. The van der Waals surface area contributed by atoms with Gasteiger partial charge in [-0.2, -0.15) is 0 Å². The summed E-state index contributed by atoms with van der Waals surface area (Å²) in [6, 6.07) is 17.4. The van der Waals surface area contributed by atoms with Crippen LogP contribution in [0.1, 0.15) is 22.0 Å². The van der Waals surface area contributed by atoms with Crippen LogP contribution < -0.4 is 5.32 Å². The standard InChI is InChI=1S/C21H22N2O5/c24-18(15-22-20(25)17-9-5-2-6-10-17)28-19(16-7-3-1-4-8-16)21(26)23-11-13-27-14-12-23/h1-10,19H,11-15H2,(H,22,25)/t19-/m0/s1. The van der Waals surface area contributed by atoms with E-state index in [9.17, 15) is 14.4 Å². The lowest BCUT2D eigenvalue weighted by Crippen LogP contribution is -2.44. The normalized spacial score (nSPS) is 14.8. The fourth-order valence-corrected chi connectivity index (χ4v) is 2.86. The summed E-state index contributed by atoms with van der Waals surface area (Å²) in [5.41, 5.74) is 1.03. The number of amides is 2. The van der Waals surface area contributed by atoms with Crippen LogP contribution in [0.15, 0.2) is 60.7 Å². The minimum Gasteiger partial charge on any atom is -0.446 e. The van der Waals surface area contributed by atoms with Crippen LogP contribution in [-0.2, 0) is 19.1 Å². The van der Waals surface area contributed by atoms with E-state index in [0.717, 1.165) is 0 Å². The second-order valence-corrected chi connectivity index (χ2v) is 6.27. The van der Waals surface area contributed by atoms with E-state index in [0.29, 0.717) is 37.4 Å². The van der Waals surface area contributed by atoms with Crippen molar-refractivity contribution in [3.63, 3.8) is 0 Å². The van der Waals surface area contributed by atoms with Gasteiger partial charge in [0.05, 0.1) is 13.2 Å². The fraction of sp³-hybridized carbons (Fsp3) is 0.286. The molecule has 7 nitrogen and oxygen atoms in total. The number of nitrogens with zero attached hydrogens (tertiary/aromatic N) is 1. The Morgan fingerprint density at radius 1 is 0.964 bits per heavy atom. The summed E-state index contributed by atoms with van der Waals surface area (Å²) < 4.78 is 10.7. The van der Waals surface area contributed by atoms with Crippen molar-refractivity contribution in [3.05, 3.63) is 71.8 Å². The average molecular weight is 382 g/mol. The quantitative estimate of drug-likeness (QED) is 0.767. The molecule has 1 fully saturated rings. The number of morpholine rings is 1. The maximum atomic E-state index is 12.9. The van der Waals surface area contributed by atoms with E-state index in [1.807, 2.05) is 6.07 Å². The van der Waals surface area contributed by atoms with Crippen LogP contribution in [0.2, 0.25) is 0 Å². The van der Waals surface area contributed by atoms with Crippen LogP contribution >= 0.6 is 0 Å². The first-order chi connectivity index (χ1) is 13.6. The van der Waals surface area contributed by atoms with Crippen LogP contribution in [-0.4, -0.2) is 55.5 Å². The van der Waals surface area contributed by atoms with Crippen molar-refractivity contribution in [1.82, 2.24) is 10.2 Å². The van der Waals surface area contributed by atoms with Crippen LogP contribution in [0.5, 0.6) is 0 Å². The minimum atomic E-state index is -1.06. The maximum Gasteiger partial charge on any atom is 0.326 e. The number of benzene rings is 2. The predicted molar refractivity (Wildman–Crippen MR) is 101 cm³/mol. The SMILES string of the molecule is O=C(CNC(=O)c1ccccc1)O[C@H](C(=O)N1CCOCC1)c1ccccc1. The van der Waals surface area contributed by atoms with Crippen LogP contribution in [0.4, 0.5) is 0 Å². The fourth-order valence-electron chi connectivity index (χ4n) is 2.86. The zero-order valence-corrected chi connectivity index (χ0v) is 15.4. The average Bonchev–Trinajstić information content (AvgIpc) is 2.77. The number of nitrogens with one attached hydrogen (secondary N) is 1. The lowest BCUT2D eigenvalue weighted by molar-refractivity contribution is -0.162. The van der Waals surface area contributed by atoms with Crippen LogP contribution in [0.3, 0.4) is 0 Å². The molecule has 0 aromatic heterocycles. The van der Waals surface area contributed by atoms with Gasteiger partial charge < -0.3 is 19.7 Å². The van der Waals surface area contributed by atoms with Gasteiger partial charge in [0.2, 0.25) is 6.10 Å². The van der Waals surface area contributed by atoms with E-state index in [1.54, 1.807) is 59.5 Å². The van der Waals surface area contributed by atoms with E-state index < -0.39 is 12.1 Å². The first kappa shape index (κ1) is 19.6. The van der Waals surface area contributed by atoms with Gasteiger partial charge in [-0.15, -0.1) is 0 Å². The first-order valence-electron chi connectivity index (χ1n) is 9.09. The number of rotatable bonds is 6. The molecule has 7 heteroatoms. The summed E-state index contributed by atoms with van der Waals surface area (Å²) in [7, 11) is 0. The zero-order chi connectivity index (χ0) is 19.8. The monoisotopic (exact) mass is 382 g/mol. The van der Waals surface area contributed by atoms with E-state index in [4.69, 9.17) is 9.47 Å². The molecule has 0 spiro atoms. The second-order valence-electron chi connectivity index (χ2n) is 6.27. The third-order valence-corrected chi connectivity index (χ3v) is 4.33. The van der Waals surface area contributed by atoms with Gasteiger partial charge in [0.25, 0.3) is 11.8 Å². The van der Waals surface area contributed by atoms with Crippen molar-refractivity contribution in [2.24, 2.45) is 0 Å². The molecular formula is C21H22N2O5. The zero-order valence-electron chi connectivity index (χ0n) is 15.4. The van der Waals surface area contributed by atoms with Gasteiger partial charge in [0, 0.05) is 24.2 Å². The maximum absolute atomic E-state index is 12.9. The molecule has 0 unspecified atom stereocenters. The summed E-state index contributed by atoms with van der Waals surface area (Å²) in [6.07, 6.45) is -1.06. The molecule has 28 heavy (non-hydrogen) atoms. The Hall–Kier alpha value is -3.19. The highest BCUT2D eigenvalue weighted by Crippen LogP contribution is 2.21. The Labute approximate surface area is 163 Å². The third-order valence-electron chi connectivity index (χ3n) is 4.33. The van der Waals surface area contributed by atoms with Crippen molar-refractivity contribution < 1.29 is 23.9 Å². The van der Waals surface area contributed by atoms with Crippen LogP contribution in [0.25, 0.3) is 0 Å². The van der Waals surface area contributed by atoms with E-state index in [1.165, 1.54) is 0 Å².